The highest BCUT2D eigenvalue weighted by molar-refractivity contribution is 5.73. The number of benzene rings is 1. The monoisotopic (exact) mass is 325 g/mol. The number of carbonyl (C=O) groups is 1. The van der Waals surface area contributed by atoms with Crippen molar-refractivity contribution in [3.8, 4) is 0 Å². The van der Waals surface area contributed by atoms with E-state index in [9.17, 15) is 20.1 Å². The molecule has 7 heteroatoms. The third-order valence-corrected chi connectivity index (χ3v) is 3.86. The Morgan fingerprint density at radius 2 is 1.96 bits per heavy atom. The third-order valence-electron chi connectivity index (χ3n) is 3.86. The molecule has 0 bridgehead atoms. The summed E-state index contributed by atoms with van der Waals surface area (Å²) < 4.78 is 11.3. The van der Waals surface area contributed by atoms with Crippen LogP contribution in [0.25, 0.3) is 0 Å². The number of hydrogen-bond donors (Lipinski definition) is 4. The van der Waals surface area contributed by atoms with Gasteiger partial charge in [0.05, 0.1) is 12.7 Å². The van der Waals surface area contributed by atoms with Gasteiger partial charge in [0.1, 0.15) is 24.4 Å². The summed E-state index contributed by atoms with van der Waals surface area (Å²) in [4.78, 5) is 11.4. The molecule has 1 amide bonds. The van der Waals surface area contributed by atoms with Crippen molar-refractivity contribution in [1.29, 1.82) is 0 Å². The number of carbonyl (C=O) groups excluding carboxylic acids is 1. The summed E-state index contributed by atoms with van der Waals surface area (Å²) >= 11 is 0. The largest absolute Gasteiger partial charge is 0.394 e. The maximum absolute atomic E-state index is 11.4. The lowest BCUT2D eigenvalue weighted by atomic mass is 9.96. The first kappa shape index (κ1) is 17.8. The van der Waals surface area contributed by atoms with E-state index in [1.165, 1.54) is 6.92 Å². The summed E-state index contributed by atoms with van der Waals surface area (Å²) in [5, 5.41) is 32.0. The zero-order chi connectivity index (χ0) is 17.0. The predicted molar refractivity (Wildman–Crippen MR) is 81.3 cm³/mol. The molecule has 0 saturated carbocycles. The summed E-state index contributed by atoms with van der Waals surface area (Å²) in [5.74, 6) is -0.381. The molecule has 0 aliphatic carbocycles. The first-order valence-electron chi connectivity index (χ1n) is 7.54. The molecule has 1 aliphatic heterocycles. The zero-order valence-electron chi connectivity index (χ0n) is 13.1. The van der Waals surface area contributed by atoms with Crippen LogP contribution in [0.3, 0.4) is 0 Å². The average Bonchev–Trinajstić information content (AvgIpc) is 2.54. The third kappa shape index (κ3) is 4.27. The van der Waals surface area contributed by atoms with Crippen LogP contribution >= 0.6 is 0 Å². The Balaban J connectivity index is 2.15. The Labute approximate surface area is 134 Å². The van der Waals surface area contributed by atoms with E-state index in [-0.39, 0.29) is 12.0 Å². The molecule has 4 N–H and O–H groups in total. The quantitative estimate of drug-likeness (QED) is 0.592. The van der Waals surface area contributed by atoms with Gasteiger partial charge in [-0.1, -0.05) is 30.3 Å². The van der Waals surface area contributed by atoms with E-state index in [1.54, 1.807) is 0 Å². The Kier molecular flexibility index (Phi) is 6.09. The van der Waals surface area contributed by atoms with Crippen molar-refractivity contribution in [3.05, 3.63) is 35.9 Å². The van der Waals surface area contributed by atoms with Crippen molar-refractivity contribution < 1.29 is 29.6 Å². The van der Waals surface area contributed by atoms with E-state index in [0.29, 0.717) is 0 Å². The van der Waals surface area contributed by atoms with E-state index in [2.05, 4.69) is 5.32 Å². The number of amides is 1. The van der Waals surface area contributed by atoms with Gasteiger partial charge in [-0.3, -0.25) is 4.79 Å². The first-order chi connectivity index (χ1) is 10.9. The Morgan fingerprint density at radius 3 is 2.52 bits per heavy atom. The van der Waals surface area contributed by atoms with Crippen LogP contribution in [0.1, 0.15) is 25.5 Å². The van der Waals surface area contributed by atoms with Gasteiger partial charge in [-0.2, -0.15) is 0 Å². The van der Waals surface area contributed by atoms with Gasteiger partial charge in [-0.05, 0) is 12.5 Å². The maximum atomic E-state index is 11.4. The molecule has 1 heterocycles. The van der Waals surface area contributed by atoms with E-state index in [0.717, 1.165) is 5.56 Å². The molecule has 0 spiro atoms. The minimum absolute atomic E-state index is 0.362. The second-order valence-electron chi connectivity index (χ2n) is 5.62. The molecular formula is C16H23NO6. The molecule has 2 rings (SSSR count). The van der Waals surface area contributed by atoms with Crippen molar-refractivity contribution >= 4 is 5.91 Å². The summed E-state index contributed by atoms with van der Waals surface area (Å²) in [5.41, 5.74) is 0.902. The molecule has 0 aromatic heterocycles. The highest BCUT2D eigenvalue weighted by atomic mass is 16.7. The van der Waals surface area contributed by atoms with Crippen molar-refractivity contribution in [3.63, 3.8) is 0 Å². The molecule has 6 atom stereocenters. The van der Waals surface area contributed by atoms with Gasteiger partial charge in [0.25, 0.3) is 0 Å². The van der Waals surface area contributed by atoms with Gasteiger partial charge in [0.15, 0.2) is 6.29 Å². The normalized spacial score (nSPS) is 32.3. The predicted octanol–water partition coefficient (Wildman–Crippen LogP) is -0.292. The lowest BCUT2D eigenvalue weighted by Crippen LogP contribution is -2.64. The highest BCUT2D eigenvalue weighted by Gasteiger charge is 2.45. The van der Waals surface area contributed by atoms with E-state index < -0.39 is 37.3 Å². The second kappa shape index (κ2) is 7.85. The summed E-state index contributed by atoms with van der Waals surface area (Å²) in [7, 11) is 0. The van der Waals surface area contributed by atoms with Crippen LogP contribution in [-0.2, 0) is 14.3 Å². The Hall–Kier alpha value is -1.51. The van der Waals surface area contributed by atoms with Crippen molar-refractivity contribution in [2.75, 3.05) is 6.61 Å². The van der Waals surface area contributed by atoms with E-state index in [1.807, 2.05) is 37.3 Å². The Bertz CT molecular complexity index is 511. The fourth-order valence-electron chi connectivity index (χ4n) is 2.59. The molecule has 1 aromatic carbocycles. The van der Waals surface area contributed by atoms with Crippen LogP contribution in [0, 0.1) is 0 Å². The first-order valence-corrected chi connectivity index (χ1v) is 7.54. The minimum Gasteiger partial charge on any atom is -0.394 e. The van der Waals surface area contributed by atoms with Crippen molar-refractivity contribution in [2.24, 2.45) is 0 Å². The van der Waals surface area contributed by atoms with Gasteiger partial charge in [0, 0.05) is 6.92 Å². The second-order valence-corrected chi connectivity index (χ2v) is 5.62. The smallest absolute Gasteiger partial charge is 0.217 e. The van der Waals surface area contributed by atoms with Crippen LogP contribution < -0.4 is 5.32 Å². The zero-order valence-corrected chi connectivity index (χ0v) is 13.1. The average molecular weight is 325 g/mol. The molecule has 0 radical (unpaired) electrons. The van der Waals surface area contributed by atoms with Crippen LogP contribution in [0.15, 0.2) is 30.3 Å². The van der Waals surface area contributed by atoms with Crippen LogP contribution in [0.2, 0.25) is 0 Å². The number of rotatable bonds is 5. The van der Waals surface area contributed by atoms with E-state index >= 15 is 0 Å². The van der Waals surface area contributed by atoms with Crippen LogP contribution in [-0.4, -0.2) is 58.5 Å². The van der Waals surface area contributed by atoms with Crippen LogP contribution in [0.4, 0.5) is 0 Å². The molecule has 7 nitrogen and oxygen atoms in total. The Morgan fingerprint density at radius 1 is 1.30 bits per heavy atom. The van der Waals surface area contributed by atoms with E-state index in [4.69, 9.17) is 9.47 Å². The fraction of sp³-hybridized carbons (Fsp3) is 0.562. The lowest BCUT2D eigenvalue weighted by Gasteiger charge is -2.43. The molecule has 1 aromatic rings. The fourth-order valence-corrected chi connectivity index (χ4v) is 2.59. The maximum Gasteiger partial charge on any atom is 0.217 e. The van der Waals surface area contributed by atoms with Gasteiger partial charge < -0.3 is 30.1 Å². The van der Waals surface area contributed by atoms with Gasteiger partial charge in [0.2, 0.25) is 5.91 Å². The summed E-state index contributed by atoms with van der Waals surface area (Å²) in [6, 6.07) is 8.46. The topological polar surface area (TPSA) is 108 Å². The molecule has 1 saturated heterocycles. The SMILES string of the molecule is CC(=O)N[C@H]1[C@H](OC(C)c2ccccc2)O[C@H](CO)[C@@H](O)[C@@H]1O. The molecule has 1 aliphatic rings. The van der Waals surface area contributed by atoms with Gasteiger partial charge in [-0.15, -0.1) is 0 Å². The number of hydrogen-bond acceptors (Lipinski definition) is 6. The highest BCUT2D eigenvalue weighted by Crippen LogP contribution is 2.27. The number of aliphatic hydroxyl groups is 3. The molecular weight excluding hydrogens is 302 g/mol. The molecule has 1 fully saturated rings. The molecule has 128 valence electrons. The number of nitrogens with one attached hydrogen (secondary N) is 1. The number of aliphatic hydroxyl groups excluding tert-OH is 3. The van der Waals surface area contributed by atoms with Gasteiger partial charge >= 0.3 is 0 Å². The van der Waals surface area contributed by atoms with Crippen LogP contribution in [0.5, 0.6) is 0 Å². The number of ether oxygens (including phenoxy) is 2. The molecule has 23 heavy (non-hydrogen) atoms. The summed E-state index contributed by atoms with van der Waals surface area (Å²) in [6.07, 6.45) is -4.96. The standard InChI is InChI=1S/C16H23NO6/c1-9(11-6-4-3-5-7-11)22-16-13(17-10(2)19)15(21)14(20)12(8-18)23-16/h3-7,9,12-16,18,20-21H,8H2,1-2H3,(H,17,19)/t9?,12-,13-,14-,15-,16-/m1/s1. The lowest BCUT2D eigenvalue weighted by molar-refractivity contribution is -0.281. The van der Waals surface area contributed by atoms with Crippen molar-refractivity contribution in [1.82, 2.24) is 5.32 Å². The van der Waals surface area contributed by atoms with Gasteiger partial charge in [-0.25, -0.2) is 0 Å². The van der Waals surface area contributed by atoms with Crippen molar-refractivity contribution in [2.45, 2.75) is 50.6 Å². The minimum atomic E-state index is -1.32. The molecule has 1 unspecified atom stereocenters. The summed E-state index contributed by atoms with van der Waals surface area (Å²) in [6.45, 7) is 2.65.